The standard InChI is InChI=1S/C5H5BrO2/c6-5(4-7)2-1-3-8-5/h1-2,4H,3H2. The lowest BCUT2D eigenvalue weighted by Gasteiger charge is -2.08. The lowest BCUT2D eigenvalue weighted by Crippen LogP contribution is -2.18. The summed E-state index contributed by atoms with van der Waals surface area (Å²) in [6.45, 7) is 0.518. The van der Waals surface area contributed by atoms with Crippen molar-refractivity contribution in [2.45, 2.75) is 4.51 Å². The van der Waals surface area contributed by atoms with Gasteiger partial charge in [0.05, 0.1) is 6.61 Å². The molecule has 0 saturated heterocycles. The quantitative estimate of drug-likeness (QED) is 0.337. The first kappa shape index (κ1) is 5.98. The molecule has 0 aromatic heterocycles. The maximum absolute atomic E-state index is 10.1. The van der Waals surface area contributed by atoms with Crippen LogP contribution in [0.2, 0.25) is 0 Å². The summed E-state index contributed by atoms with van der Waals surface area (Å²) >= 11 is 3.07. The van der Waals surface area contributed by atoms with E-state index >= 15 is 0 Å². The van der Waals surface area contributed by atoms with E-state index in [-0.39, 0.29) is 0 Å². The van der Waals surface area contributed by atoms with E-state index in [4.69, 9.17) is 4.74 Å². The number of hydrogen-bond donors (Lipinski definition) is 0. The minimum atomic E-state index is -0.812. The van der Waals surface area contributed by atoms with Gasteiger partial charge in [-0.15, -0.1) is 0 Å². The highest BCUT2D eigenvalue weighted by atomic mass is 79.9. The van der Waals surface area contributed by atoms with Crippen LogP contribution < -0.4 is 0 Å². The Morgan fingerprint density at radius 3 is 2.88 bits per heavy atom. The summed E-state index contributed by atoms with van der Waals surface area (Å²) in [5, 5.41) is 0. The number of aldehydes is 1. The molecule has 0 spiro atoms. The van der Waals surface area contributed by atoms with Crippen molar-refractivity contribution in [3.05, 3.63) is 12.2 Å². The molecule has 0 aliphatic carbocycles. The molecule has 0 saturated carbocycles. The molecular weight excluding hydrogens is 172 g/mol. The van der Waals surface area contributed by atoms with Crippen molar-refractivity contribution in [2.24, 2.45) is 0 Å². The summed E-state index contributed by atoms with van der Waals surface area (Å²) in [5.74, 6) is 0. The fourth-order valence-corrected chi connectivity index (χ4v) is 0.825. The zero-order valence-corrected chi connectivity index (χ0v) is 5.72. The van der Waals surface area contributed by atoms with Crippen molar-refractivity contribution in [2.75, 3.05) is 6.61 Å². The largest absolute Gasteiger partial charge is 0.349 e. The van der Waals surface area contributed by atoms with Gasteiger partial charge in [-0.2, -0.15) is 0 Å². The molecule has 0 aromatic carbocycles. The molecule has 0 bridgehead atoms. The lowest BCUT2D eigenvalue weighted by atomic mass is 10.4. The molecule has 1 rings (SSSR count). The van der Waals surface area contributed by atoms with E-state index in [1.54, 1.807) is 12.2 Å². The number of ether oxygens (including phenoxy) is 1. The zero-order chi connectivity index (χ0) is 6.04. The molecular formula is C5H5BrO2. The van der Waals surface area contributed by atoms with E-state index in [2.05, 4.69) is 15.9 Å². The van der Waals surface area contributed by atoms with E-state index in [1.165, 1.54) is 0 Å². The van der Waals surface area contributed by atoms with Crippen LogP contribution in [0.15, 0.2) is 12.2 Å². The highest BCUT2D eigenvalue weighted by Gasteiger charge is 2.25. The number of carbonyl (C=O) groups excluding carboxylic acids is 1. The van der Waals surface area contributed by atoms with Gasteiger partial charge in [0.15, 0.2) is 10.8 Å². The van der Waals surface area contributed by atoms with Gasteiger partial charge < -0.3 is 4.74 Å². The van der Waals surface area contributed by atoms with Crippen molar-refractivity contribution in [1.29, 1.82) is 0 Å². The van der Waals surface area contributed by atoms with Crippen LogP contribution in [0.3, 0.4) is 0 Å². The number of carbonyl (C=O) groups is 1. The second-order valence-electron chi connectivity index (χ2n) is 1.53. The summed E-state index contributed by atoms with van der Waals surface area (Å²) in [6.07, 6.45) is 4.19. The number of alkyl halides is 1. The number of halogens is 1. The van der Waals surface area contributed by atoms with Crippen LogP contribution in [0, 0.1) is 0 Å². The van der Waals surface area contributed by atoms with Crippen LogP contribution in [0.1, 0.15) is 0 Å². The van der Waals surface area contributed by atoms with Gasteiger partial charge >= 0.3 is 0 Å². The molecule has 0 aromatic rings. The lowest BCUT2D eigenvalue weighted by molar-refractivity contribution is -0.115. The predicted octanol–water partition coefficient (Wildman–Crippen LogP) is 0.863. The van der Waals surface area contributed by atoms with Crippen molar-refractivity contribution >= 4 is 22.2 Å². The second-order valence-corrected chi connectivity index (χ2v) is 2.77. The van der Waals surface area contributed by atoms with Crippen molar-refractivity contribution in [3.63, 3.8) is 0 Å². The predicted molar refractivity (Wildman–Crippen MR) is 32.8 cm³/mol. The van der Waals surface area contributed by atoms with Gasteiger partial charge in [-0.3, -0.25) is 4.79 Å². The van der Waals surface area contributed by atoms with Gasteiger partial charge in [0.2, 0.25) is 0 Å². The Labute approximate surface area is 55.6 Å². The Morgan fingerprint density at radius 1 is 1.88 bits per heavy atom. The molecule has 0 radical (unpaired) electrons. The third-order valence-corrected chi connectivity index (χ3v) is 1.59. The van der Waals surface area contributed by atoms with Crippen LogP contribution >= 0.6 is 15.9 Å². The van der Waals surface area contributed by atoms with Crippen LogP contribution in [0.4, 0.5) is 0 Å². The molecule has 0 fully saturated rings. The fourth-order valence-electron chi connectivity index (χ4n) is 0.506. The maximum Gasteiger partial charge on any atom is 0.196 e. The van der Waals surface area contributed by atoms with Gasteiger partial charge in [0.1, 0.15) is 0 Å². The third-order valence-electron chi connectivity index (χ3n) is 0.907. The van der Waals surface area contributed by atoms with Gasteiger partial charge in [0.25, 0.3) is 0 Å². The van der Waals surface area contributed by atoms with Crippen LogP contribution in [-0.2, 0) is 9.53 Å². The van der Waals surface area contributed by atoms with Gasteiger partial charge in [-0.05, 0) is 22.0 Å². The summed E-state index contributed by atoms with van der Waals surface area (Å²) in [6, 6.07) is 0. The normalized spacial score (nSPS) is 35.6. The topological polar surface area (TPSA) is 26.3 Å². The smallest absolute Gasteiger partial charge is 0.196 e. The first-order valence-corrected chi connectivity index (χ1v) is 3.03. The van der Waals surface area contributed by atoms with Gasteiger partial charge in [-0.1, -0.05) is 6.08 Å². The number of rotatable bonds is 1. The molecule has 2 nitrogen and oxygen atoms in total. The molecule has 3 heteroatoms. The van der Waals surface area contributed by atoms with Gasteiger partial charge in [-0.25, -0.2) is 0 Å². The average molecular weight is 177 g/mol. The van der Waals surface area contributed by atoms with Crippen LogP contribution in [0.25, 0.3) is 0 Å². The maximum atomic E-state index is 10.1. The Balaban J connectivity index is 2.67. The first-order chi connectivity index (χ1) is 3.77. The Morgan fingerprint density at radius 2 is 2.62 bits per heavy atom. The van der Waals surface area contributed by atoms with E-state index in [0.717, 1.165) is 6.29 Å². The molecule has 0 N–H and O–H groups in total. The molecule has 44 valence electrons. The minimum absolute atomic E-state index is 0.518. The second kappa shape index (κ2) is 1.99. The molecule has 8 heavy (non-hydrogen) atoms. The van der Waals surface area contributed by atoms with E-state index in [1.807, 2.05) is 0 Å². The van der Waals surface area contributed by atoms with Crippen molar-refractivity contribution in [3.8, 4) is 0 Å². The molecule has 1 unspecified atom stereocenters. The molecule has 1 aliphatic rings. The Kier molecular flexibility index (Phi) is 1.49. The summed E-state index contributed by atoms with van der Waals surface area (Å²) in [7, 11) is 0. The van der Waals surface area contributed by atoms with Crippen molar-refractivity contribution in [1.82, 2.24) is 0 Å². The zero-order valence-electron chi connectivity index (χ0n) is 4.13. The fraction of sp³-hybridized carbons (Fsp3) is 0.400. The molecule has 1 atom stereocenters. The average Bonchev–Trinajstić information content (AvgIpc) is 2.17. The van der Waals surface area contributed by atoms with Gasteiger partial charge in [0, 0.05) is 0 Å². The molecule has 1 heterocycles. The molecule has 0 amide bonds. The minimum Gasteiger partial charge on any atom is -0.349 e. The van der Waals surface area contributed by atoms with E-state index in [9.17, 15) is 4.79 Å². The highest BCUT2D eigenvalue weighted by molar-refractivity contribution is 9.10. The molecule has 1 aliphatic heterocycles. The van der Waals surface area contributed by atoms with Crippen LogP contribution in [-0.4, -0.2) is 17.4 Å². The first-order valence-electron chi connectivity index (χ1n) is 2.24. The van der Waals surface area contributed by atoms with E-state index in [0.29, 0.717) is 6.61 Å². The third kappa shape index (κ3) is 0.980. The summed E-state index contributed by atoms with van der Waals surface area (Å²) in [4.78, 5) is 10.1. The summed E-state index contributed by atoms with van der Waals surface area (Å²) < 4.78 is 4.11. The highest BCUT2D eigenvalue weighted by Crippen LogP contribution is 2.22. The van der Waals surface area contributed by atoms with E-state index < -0.39 is 4.51 Å². The van der Waals surface area contributed by atoms with Crippen LogP contribution in [0.5, 0.6) is 0 Å². The monoisotopic (exact) mass is 176 g/mol. The van der Waals surface area contributed by atoms with Crippen molar-refractivity contribution < 1.29 is 9.53 Å². The summed E-state index contributed by atoms with van der Waals surface area (Å²) in [5.41, 5.74) is 0. The Hall–Kier alpha value is -0.150. The Bertz CT molecular complexity index is 132. The number of hydrogen-bond acceptors (Lipinski definition) is 2. The SMILES string of the molecule is O=CC1(Br)C=CCO1.